The molecule has 2 nitrogen and oxygen atoms in total. The summed E-state index contributed by atoms with van der Waals surface area (Å²) in [6.45, 7) is 3.83. The van der Waals surface area contributed by atoms with Gasteiger partial charge in [-0.1, -0.05) is 94.4 Å². The molecule has 5 aromatic rings. The van der Waals surface area contributed by atoms with Crippen molar-refractivity contribution in [2.24, 2.45) is 0 Å². The third-order valence-electron chi connectivity index (χ3n) is 7.25. The third-order valence-corrected chi connectivity index (χ3v) is 7.25. The second-order valence-electron chi connectivity index (χ2n) is 9.13. The van der Waals surface area contributed by atoms with E-state index >= 15 is 0 Å². The Hall–Kier alpha value is -3.13. The van der Waals surface area contributed by atoms with Crippen molar-refractivity contribution in [1.82, 2.24) is 9.38 Å². The Kier molecular flexibility index (Phi) is 2.57. The van der Waals surface area contributed by atoms with Gasteiger partial charge in [-0.2, -0.15) is 0 Å². The minimum Gasteiger partial charge on any atom is -0.295 e. The van der Waals surface area contributed by atoms with Gasteiger partial charge in [0.05, 0.1) is 16.9 Å². The molecule has 0 amide bonds. The summed E-state index contributed by atoms with van der Waals surface area (Å²) in [4.78, 5) is 5.16. The van der Waals surface area contributed by atoms with Gasteiger partial charge in [0.1, 0.15) is 5.65 Å². The molecule has 0 saturated heterocycles. The van der Waals surface area contributed by atoms with E-state index in [9.17, 15) is 0 Å². The number of pyridine rings is 1. The fourth-order valence-electron chi connectivity index (χ4n) is 5.21. The van der Waals surface area contributed by atoms with Crippen LogP contribution in [0.25, 0.3) is 38.6 Å². The highest BCUT2D eigenvalue weighted by atomic mass is 15.1. The van der Waals surface area contributed by atoms with Gasteiger partial charge >= 0.3 is 0 Å². The lowest BCUT2D eigenvalue weighted by Gasteiger charge is -2.46. The molecule has 2 aromatic heterocycles. The molecule has 0 aliphatic carbocycles. The summed E-state index contributed by atoms with van der Waals surface area (Å²) in [6, 6.07) is 22.1. The molecule has 1 atom stereocenters. The number of aryl methyl sites for hydroxylation is 1. The highest BCUT2D eigenvalue weighted by molar-refractivity contribution is 6.14. The molecule has 2 heteroatoms. The Labute approximate surface area is 182 Å². The predicted molar refractivity (Wildman–Crippen MR) is 126 cm³/mol. The summed E-state index contributed by atoms with van der Waals surface area (Å²) in [6.07, 6.45) is 0. The number of benzene rings is 3. The summed E-state index contributed by atoms with van der Waals surface area (Å²) < 4.78 is 36.7. The number of hydrogen-bond acceptors (Lipinski definition) is 1. The van der Waals surface area contributed by atoms with E-state index in [0.717, 1.165) is 49.7 Å². The maximum absolute atomic E-state index is 8.78. The standard InChI is InChI=1S/C28H26N2/c1-17-15-16-21-24-22(17)19-13-9-10-14-20(19)26-29-23(18-11-7-6-8-12-18)25(30(24)26)28(4,5)27(21,2)3/h6-16H,1-5H3/i1D,4D3. The van der Waals surface area contributed by atoms with Crippen LogP contribution in [0.4, 0.5) is 0 Å². The number of nitrogens with zero attached hydrogens (tertiary/aromatic N) is 2. The molecular formula is C28H26N2. The number of fused-ring (bicyclic) bond motifs is 3. The van der Waals surface area contributed by atoms with Crippen molar-refractivity contribution < 1.29 is 5.48 Å². The summed E-state index contributed by atoms with van der Waals surface area (Å²) in [5.41, 5.74) is 4.10. The Morgan fingerprint density at radius 2 is 1.57 bits per heavy atom. The van der Waals surface area contributed by atoms with Crippen molar-refractivity contribution >= 4 is 27.3 Å². The van der Waals surface area contributed by atoms with Crippen LogP contribution in [-0.2, 0) is 10.8 Å². The molecule has 0 radical (unpaired) electrons. The van der Waals surface area contributed by atoms with Gasteiger partial charge in [0, 0.05) is 32.6 Å². The van der Waals surface area contributed by atoms with Crippen molar-refractivity contribution in [3.05, 3.63) is 83.6 Å². The van der Waals surface area contributed by atoms with Gasteiger partial charge in [-0.15, -0.1) is 0 Å². The first kappa shape index (κ1) is 14.0. The summed E-state index contributed by atoms with van der Waals surface area (Å²) in [5.74, 6) is 0. The molecule has 0 bridgehead atoms. The molecule has 30 heavy (non-hydrogen) atoms. The van der Waals surface area contributed by atoms with Crippen LogP contribution in [0.5, 0.6) is 0 Å². The van der Waals surface area contributed by atoms with Gasteiger partial charge in [-0.3, -0.25) is 4.40 Å². The van der Waals surface area contributed by atoms with E-state index in [1.165, 1.54) is 0 Å². The smallest absolute Gasteiger partial charge is 0.146 e. The van der Waals surface area contributed by atoms with Crippen LogP contribution in [0.1, 0.15) is 49.9 Å². The van der Waals surface area contributed by atoms with Crippen LogP contribution in [0, 0.1) is 6.90 Å². The van der Waals surface area contributed by atoms with Gasteiger partial charge in [-0.25, -0.2) is 4.98 Å². The molecular weight excluding hydrogens is 364 g/mol. The van der Waals surface area contributed by atoms with Crippen molar-refractivity contribution in [2.45, 2.75) is 45.4 Å². The highest BCUT2D eigenvalue weighted by Crippen LogP contribution is 2.53. The monoisotopic (exact) mass is 394 g/mol. The van der Waals surface area contributed by atoms with Crippen LogP contribution in [-0.4, -0.2) is 9.38 Å². The molecule has 1 aliphatic heterocycles. The summed E-state index contributed by atoms with van der Waals surface area (Å²) in [5, 5.41) is 3.05. The zero-order valence-corrected chi connectivity index (χ0v) is 17.5. The zero-order chi connectivity index (χ0) is 24.0. The van der Waals surface area contributed by atoms with Crippen molar-refractivity contribution in [3.63, 3.8) is 0 Å². The van der Waals surface area contributed by atoms with Crippen molar-refractivity contribution in [3.8, 4) is 11.3 Å². The average Bonchev–Trinajstić information content (AvgIpc) is 3.23. The lowest BCUT2D eigenvalue weighted by molar-refractivity contribution is 0.289. The van der Waals surface area contributed by atoms with Gasteiger partial charge < -0.3 is 0 Å². The van der Waals surface area contributed by atoms with E-state index in [1.807, 2.05) is 75.4 Å². The van der Waals surface area contributed by atoms with E-state index in [1.54, 1.807) is 0 Å². The van der Waals surface area contributed by atoms with E-state index < -0.39 is 17.7 Å². The van der Waals surface area contributed by atoms with Crippen LogP contribution < -0.4 is 0 Å². The summed E-state index contributed by atoms with van der Waals surface area (Å²) >= 11 is 0. The molecule has 0 fully saturated rings. The second-order valence-corrected chi connectivity index (χ2v) is 9.13. The third kappa shape index (κ3) is 1.92. The topological polar surface area (TPSA) is 17.3 Å². The molecule has 1 unspecified atom stereocenters. The van der Waals surface area contributed by atoms with E-state index in [0.29, 0.717) is 5.69 Å². The minimum absolute atomic E-state index is 0.152. The number of imidazole rings is 1. The van der Waals surface area contributed by atoms with Gasteiger partial charge in [-0.05, 0) is 23.4 Å². The average molecular weight is 395 g/mol. The Morgan fingerprint density at radius 1 is 0.833 bits per heavy atom. The lowest BCUT2D eigenvalue weighted by Crippen LogP contribution is -2.44. The predicted octanol–water partition coefficient (Wildman–Crippen LogP) is 7.18. The molecule has 0 spiro atoms. The first-order valence-electron chi connectivity index (χ1n) is 12.6. The molecule has 148 valence electrons. The van der Waals surface area contributed by atoms with Gasteiger partial charge in [0.2, 0.25) is 0 Å². The normalized spacial score (nSPS) is 22.2. The maximum atomic E-state index is 8.78. The number of aromatic nitrogens is 2. The molecule has 0 saturated carbocycles. The minimum atomic E-state index is -2.28. The van der Waals surface area contributed by atoms with Crippen LogP contribution in [0.2, 0.25) is 0 Å². The zero-order valence-electron chi connectivity index (χ0n) is 21.5. The summed E-state index contributed by atoms with van der Waals surface area (Å²) in [7, 11) is 0. The SMILES string of the molecule is [2H]Cc1ccc2c3c1c1ccccc1c1nc(-c4ccccc4)c(n13)C(C)(C([2H])([2H])[2H])C2(C)C. The van der Waals surface area contributed by atoms with Gasteiger partial charge in [0.15, 0.2) is 0 Å². The maximum Gasteiger partial charge on any atom is 0.146 e. The van der Waals surface area contributed by atoms with Gasteiger partial charge in [0.25, 0.3) is 0 Å². The molecule has 3 heterocycles. The molecule has 3 aromatic carbocycles. The Bertz CT molecular complexity index is 1610. The number of rotatable bonds is 1. The lowest BCUT2D eigenvalue weighted by atomic mass is 9.60. The molecule has 1 aliphatic rings. The molecule has 0 N–H and O–H groups in total. The first-order chi connectivity index (χ1) is 16.1. The first-order valence-corrected chi connectivity index (χ1v) is 10.4. The fourth-order valence-corrected chi connectivity index (χ4v) is 5.21. The van der Waals surface area contributed by atoms with Crippen LogP contribution >= 0.6 is 0 Å². The Morgan fingerprint density at radius 3 is 2.30 bits per heavy atom. The molecule has 6 rings (SSSR count). The van der Waals surface area contributed by atoms with Crippen molar-refractivity contribution in [1.29, 1.82) is 0 Å². The van der Waals surface area contributed by atoms with Crippen LogP contribution in [0.3, 0.4) is 0 Å². The second kappa shape index (κ2) is 5.51. The van der Waals surface area contributed by atoms with Crippen molar-refractivity contribution in [2.75, 3.05) is 0 Å². The fraction of sp³-hybridized carbons (Fsp3) is 0.250. The Balaban J connectivity index is 1.99. The number of hydrogen-bond donors (Lipinski definition) is 0. The largest absolute Gasteiger partial charge is 0.295 e. The van der Waals surface area contributed by atoms with Crippen LogP contribution in [0.15, 0.2) is 66.7 Å². The van der Waals surface area contributed by atoms with E-state index in [2.05, 4.69) is 16.5 Å². The van der Waals surface area contributed by atoms with E-state index in [-0.39, 0.29) is 6.90 Å². The highest BCUT2D eigenvalue weighted by Gasteiger charge is 2.48. The quantitative estimate of drug-likeness (QED) is 0.275. The van der Waals surface area contributed by atoms with E-state index in [4.69, 9.17) is 10.5 Å².